The topological polar surface area (TPSA) is 91.6 Å². The molecule has 0 atom stereocenters. The maximum Gasteiger partial charge on any atom is 0.348 e. The number of carboxylic acids is 1. The molecule has 8 heteroatoms. The fourth-order valence-corrected chi connectivity index (χ4v) is 3.38. The van der Waals surface area contributed by atoms with Crippen LogP contribution >= 0.6 is 22.9 Å². The van der Waals surface area contributed by atoms with Gasteiger partial charge < -0.3 is 20.2 Å². The fraction of sp³-hybridized carbons (Fsp3) is 0.111. The number of anilines is 1. The third-order valence-corrected chi connectivity index (χ3v) is 4.82. The molecule has 0 saturated heterocycles. The minimum absolute atomic E-state index is 0.0546. The van der Waals surface area contributed by atoms with Gasteiger partial charge in [0.05, 0.1) is 12.2 Å². The Bertz CT molecular complexity index is 947. The summed E-state index contributed by atoms with van der Waals surface area (Å²) in [6.07, 6.45) is 0. The number of halogens is 1. The standard InChI is InChI=1S/C18H15ClN2O4S/c1-10-2-7-13(25-10)8-20-18(24)21-15-14(9-26-16(15)17(22)23)11-3-5-12(19)6-4-11/h2-7,9H,8H2,1H3,(H,22,23)(H2,20,21,24). The lowest BCUT2D eigenvalue weighted by atomic mass is 10.1. The zero-order chi connectivity index (χ0) is 18.7. The van der Waals surface area contributed by atoms with Crippen LogP contribution < -0.4 is 10.6 Å². The van der Waals surface area contributed by atoms with Gasteiger partial charge in [0, 0.05) is 16.0 Å². The van der Waals surface area contributed by atoms with Crippen molar-refractivity contribution in [1.29, 1.82) is 0 Å². The number of rotatable bonds is 5. The number of aryl methyl sites for hydroxylation is 1. The summed E-state index contributed by atoms with van der Waals surface area (Å²) >= 11 is 6.95. The smallest absolute Gasteiger partial charge is 0.348 e. The van der Waals surface area contributed by atoms with Gasteiger partial charge in [-0.25, -0.2) is 9.59 Å². The predicted octanol–water partition coefficient (Wildman–Crippen LogP) is 4.99. The summed E-state index contributed by atoms with van der Waals surface area (Å²) in [6.45, 7) is 2.01. The van der Waals surface area contributed by atoms with Gasteiger partial charge in [-0.2, -0.15) is 0 Å². The summed E-state index contributed by atoms with van der Waals surface area (Å²) < 4.78 is 5.39. The Hall–Kier alpha value is -2.77. The highest BCUT2D eigenvalue weighted by atomic mass is 35.5. The average molecular weight is 391 g/mol. The summed E-state index contributed by atoms with van der Waals surface area (Å²) in [5.41, 5.74) is 1.63. The van der Waals surface area contributed by atoms with Gasteiger partial charge in [-0.05, 0) is 36.8 Å². The highest BCUT2D eigenvalue weighted by molar-refractivity contribution is 7.13. The molecule has 3 rings (SSSR count). The van der Waals surface area contributed by atoms with E-state index in [1.54, 1.807) is 41.8 Å². The number of aromatic carboxylic acids is 1. The van der Waals surface area contributed by atoms with Crippen molar-refractivity contribution < 1.29 is 19.1 Å². The van der Waals surface area contributed by atoms with Crippen LogP contribution in [0.5, 0.6) is 0 Å². The van der Waals surface area contributed by atoms with E-state index in [0.717, 1.165) is 22.7 Å². The number of hydrogen-bond acceptors (Lipinski definition) is 4. The summed E-state index contributed by atoms with van der Waals surface area (Å²) in [5.74, 6) is 0.254. The molecule has 0 saturated carbocycles. The van der Waals surface area contributed by atoms with Crippen molar-refractivity contribution in [1.82, 2.24) is 5.32 Å². The predicted molar refractivity (Wildman–Crippen MR) is 101 cm³/mol. The van der Waals surface area contributed by atoms with Crippen molar-refractivity contribution in [3.8, 4) is 11.1 Å². The first-order valence-electron chi connectivity index (χ1n) is 7.65. The summed E-state index contributed by atoms with van der Waals surface area (Å²) in [7, 11) is 0. The molecule has 0 radical (unpaired) electrons. The summed E-state index contributed by atoms with van der Waals surface area (Å²) in [4.78, 5) is 23.8. The van der Waals surface area contributed by atoms with E-state index >= 15 is 0 Å². The number of nitrogens with one attached hydrogen (secondary N) is 2. The second-order valence-corrected chi connectivity index (χ2v) is 6.80. The normalized spacial score (nSPS) is 10.5. The fourth-order valence-electron chi connectivity index (χ4n) is 2.39. The highest BCUT2D eigenvalue weighted by Gasteiger charge is 2.20. The van der Waals surface area contributed by atoms with Gasteiger partial charge >= 0.3 is 12.0 Å². The Morgan fingerprint density at radius 3 is 2.54 bits per heavy atom. The van der Waals surface area contributed by atoms with Crippen molar-refractivity contribution >= 4 is 40.6 Å². The van der Waals surface area contributed by atoms with Gasteiger partial charge in [0.25, 0.3) is 0 Å². The first-order valence-corrected chi connectivity index (χ1v) is 8.90. The van der Waals surface area contributed by atoms with E-state index in [4.69, 9.17) is 16.0 Å². The maximum absolute atomic E-state index is 12.2. The van der Waals surface area contributed by atoms with Crippen molar-refractivity contribution in [3.63, 3.8) is 0 Å². The molecule has 6 nitrogen and oxygen atoms in total. The van der Waals surface area contributed by atoms with E-state index in [2.05, 4.69) is 10.6 Å². The van der Waals surface area contributed by atoms with Crippen molar-refractivity contribution in [2.45, 2.75) is 13.5 Å². The van der Waals surface area contributed by atoms with Crippen LogP contribution in [-0.4, -0.2) is 17.1 Å². The number of benzene rings is 1. The molecule has 0 aliphatic heterocycles. The zero-order valence-electron chi connectivity index (χ0n) is 13.7. The van der Waals surface area contributed by atoms with E-state index in [9.17, 15) is 14.7 Å². The monoisotopic (exact) mass is 390 g/mol. The van der Waals surface area contributed by atoms with Crippen LogP contribution in [0.3, 0.4) is 0 Å². The van der Waals surface area contributed by atoms with E-state index < -0.39 is 12.0 Å². The van der Waals surface area contributed by atoms with Gasteiger partial charge in [-0.3, -0.25) is 0 Å². The number of thiophene rings is 1. The van der Waals surface area contributed by atoms with Crippen molar-refractivity contribution in [2.75, 3.05) is 5.32 Å². The lowest BCUT2D eigenvalue weighted by molar-refractivity contribution is 0.0703. The first kappa shape index (κ1) is 18.0. The molecule has 0 spiro atoms. The molecule has 2 amide bonds. The number of amides is 2. The minimum Gasteiger partial charge on any atom is -0.477 e. The molecule has 0 unspecified atom stereocenters. The Morgan fingerprint density at radius 1 is 1.19 bits per heavy atom. The second kappa shape index (κ2) is 7.63. The number of carboxylic acid groups (broad SMARTS) is 1. The van der Waals surface area contributed by atoms with E-state index in [1.807, 2.05) is 6.92 Å². The Morgan fingerprint density at radius 2 is 1.92 bits per heavy atom. The molecule has 0 aliphatic rings. The Labute approximate surface area is 158 Å². The van der Waals surface area contributed by atoms with Gasteiger partial charge in [0.2, 0.25) is 0 Å². The van der Waals surface area contributed by atoms with E-state index in [0.29, 0.717) is 16.3 Å². The third-order valence-electron chi connectivity index (χ3n) is 3.60. The number of carbonyl (C=O) groups is 2. The molecule has 2 aromatic heterocycles. The second-order valence-electron chi connectivity index (χ2n) is 5.49. The Balaban J connectivity index is 1.80. The molecular weight excluding hydrogens is 376 g/mol. The lowest BCUT2D eigenvalue weighted by Gasteiger charge is -2.09. The van der Waals surface area contributed by atoms with Crippen molar-refractivity contribution in [3.05, 3.63) is 63.2 Å². The summed E-state index contributed by atoms with van der Waals surface area (Å²) in [5, 5.41) is 16.9. The molecule has 134 valence electrons. The maximum atomic E-state index is 12.2. The zero-order valence-corrected chi connectivity index (χ0v) is 15.3. The van der Waals surface area contributed by atoms with Crippen LogP contribution in [-0.2, 0) is 6.54 Å². The SMILES string of the molecule is Cc1ccc(CNC(=O)Nc2c(-c3ccc(Cl)cc3)csc2C(=O)O)o1. The number of hydrogen-bond donors (Lipinski definition) is 3. The van der Waals surface area contributed by atoms with Crippen LogP contribution in [0.1, 0.15) is 21.2 Å². The highest BCUT2D eigenvalue weighted by Crippen LogP contribution is 2.36. The largest absolute Gasteiger partial charge is 0.477 e. The number of carbonyl (C=O) groups excluding carboxylic acids is 1. The van der Waals surface area contributed by atoms with Gasteiger partial charge in [-0.15, -0.1) is 11.3 Å². The molecule has 2 heterocycles. The minimum atomic E-state index is -1.10. The summed E-state index contributed by atoms with van der Waals surface area (Å²) in [6, 6.07) is 10.00. The van der Waals surface area contributed by atoms with Crippen molar-refractivity contribution in [2.24, 2.45) is 0 Å². The van der Waals surface area contributed by atoms with Crippen LogP contribution in [0, 0.1) is 6.92 Å². The van der Waals surface area contributed by atoms with E-state index in [-0.39, 0.29) is 17.1 Å². The molecule has 0 aliphatic carbocycles. The third kappa shape index (κ3) is 4.07. The first-order chi connectivity index (χ1) is 12.4. The van der Waals surface area contributed by atoms with Crippen LogP contribution in [0.4, 0.5) is 10.5 Å². The molecule has 1 aromatic carbocycles. The molecule has 3 N–H and O–H groups in total. The molecule has 0 fully saturated rings. The molecule has 0 bridgehead atoms. The molecular formula is C18H15ClN2O4S. The Kier molecular flexibility index (Phi) is 5.29. The molecule has 3 aromatic rings. The van der Waals surface area contributed by atoms with Crippen LogP contribution in [0.25, 0.3) is 11.1 Å². The number of furan rings is 1. The van der Waals surface area contributed by atoms with Crippen LogP contribution in [0.15, 0.2) is 46.2 Å². The quantitative estimate of drug-likeness (QED) is 0.572. The average Bonchev–Trinajstić information content (AvgIpc) is 3.20. The van der Waals surface area contributed by atoms with Gasteiger partial charge in [0.15, 0.2) is 0 Å². The molecule has 26 heavy (non-hydrogen) atoms. The number of urea groups is 1. The van der Waals surface area contributed by atoms with Gasteiger partial charge in [0.1, 0.15) is 16.4 Å². The van der Waals surface area contributed by atoms with Gasteiger partial charge in [-0.1, -0.05) is 23.7 Å². The lowest BCUT2D eigenvalue weighted by Crippen LogP contribution is -2.28. The van der Waals surface area contributed by atoms with E-state index in [1.165, 1.54) is 0 Å². The van der Waals surface area contributed by atoms with Crippen LogP contribution in [0.2, 0.25) is 5.02 Å².